The van der Waals surface area contributed by atoms with Crippen LogP contribution >= 0.6 is 11.6 Å². The first-order valence-corrected chi connectivity index (χ1v) is 8.54. The number of hydrogen-bond donors (Lipinski definition) is 0. The van der Waals surface area contributed by atoms with Gasteiger partial charge in [0.15, 0.2) is 5.82 Å². The zero-order chi connectivity index (χ0) is 15.9. The number of sulfonamides is 1. The van der Waals surface area contributed by atoms with E-state index in [1.807, 2.05) is 0 Å². The van der Waals surface area contributed by atoms with Gasteiger partial charge >= 0.3 is 0 Å². The zero-order valence-electron chi connectivity index (χ0n) is 11.8. The van der Waals surface area contributed by atoms with E-state index in [0.29, 0.717) is 25.2 Å². The second-order valence-corrected chi connectivity index (χ2v) is 7.44. The fourth-order valence-electron chi connectivity index (χ4n) is 2.69. The van der Waals surface area contributed by atoms with Crippen LogP contribution in [-0.4, -0.2) is 34.0 Å². The van der Waals surface area contributed by atoms with Crippen LogP contribution in [0.3, 0.4) is 0 Å². The van der Waals surface area contributed by atoms with Gasteiger partial charge in [0.25, 0.3) is 0 Å². The molecule has 0 bridgehead atoms. The number of aryl methyl sites for hydroxylation is 1. The third kappa shape index (κ3) is 2.51. The van der Waals surface area contributed by atoms with Crippen LogP contribution in [0.25, 0.3) is 0 Å². The van der Waals surface area contributed by atoms with Gasteiger partial charge in [-0.2, -0.15) is 4.31 Å². The lowest BCUT2D eigenvalue weighted by Gasteiger charge is -2.23. The molecule has 0 unspecified atom stereocenters. The van der Waals surface area contributed by atoms with Crippen molar-refractivity contribution in [3.8, 4) is 0 Å². The smallest absolute Gasteiger partial charge is 0.246 e. The van der Waals surface area contributed by atoms with Crippen molar-refractivity contribution in [1.29, 1.82) is 0 Å². The first-order valence-electron chi connectivity index (χ1n) is 6.72. The van der Waals surface area contributed by atoms with Crippen LogP contribution in [0, 0.1) is 5.82 Å². The van der Waals surface area contributed by atoms with Crippen molar-refractivity contribution in [3.63, 3.8) is 0 Å². The van der Waals surface area contributed by atoms with E-state index in [-0.39, 0.29) is 9.92 Å². The first kappa shape index (κ1) is 15.4. The summed E-state index contributed by atoms with van der Waals surface area (Å²) in [5.74, 6) is -0.299. The molecule has 0 N–H and O–H groups in total. The van der Waals surface area contributed by atoms with Crippen LogP contribution in [0.15, 0.2) is 29.4 Å². The molecule has 1 fully saturated rings. The summed E-state index contributed by atoms with van der Waals surface area (Å²) in [4.78, 5) is -0.369. The maximum Gasteiger partial charge on any atom is 0.246 e. The standard InChI is InChI=1S/C13H14ClFN4O2S/c1-18-8-16-17-13(18)11-3-2-6-19(11)22(20,21)12-5-4-9(14)7-10(12)15/h4-5,7-8,11H,2-3,6H2,1H3/t11-/m0/s1. The van der Waals surface area contributed by atoms with E-state index < -0.39 is 21.9 Å². The normalized spacial score (nSPS) is 19.7. The summed E-state index contributed by atoms with van der Waals surface area (Å²) in [5, 5.41) is 7.92. The molecule has 118 valence electrons. The van der Waals surface area contributed by atoms with E-state index in [2.05, 4.69) is 10.2 Å². The third-order valence-electron chi connectivity index (χ3n) is 3.73. The van der Waals surface area contributed by atoms with Crippen molar-refractivity contribution in [2.24, 2.45) is 7.05 Å². The lowest BCUT2D eigenvalue weighted by Crippen LogP contribution is -2.32. The zero-order valence-corrected chi connectivity index (χ0v) is 13.4. The number of halogens is 2. The molecule has 1 atom stereocenters. The van der Waals surface area contributed by atoms with E-state index in [1.54, 1.807) is 11.6 Å². The largest absolute Gasteiger partial charge is 0.319 e. The number of rotatable bonds is 3. The topological polar surface area (TPSA) is 68.1 Å². The van der Waals surface area contributed by atoms with Crippen LogP contribution in [0.1, 0.15) is 24.7 Å². The van der Waals surface area contributed by atoms with Gasteiger partial charge in [-0.05, 0) is 31.0 Å². The molecule has 2 aromatic rings. The Bertz CT molecular complexity index is 808. The molecule has 2 heterocycles. The Balaban J connectivity index is 2.03. The van der Waals surface area contributed by atoms with Crippen LogP contribution in [-0.2, 0) is 17.1 Å². The second-order valence-electron chi connectivity index (χ2n) is 5.15. The van der Waals surface area contributed by atoms with E-state index in [4.69, 9.17) is 11.6 Å². The van der Waals surface area contributed by atoms with Gasteiger partial charge in [-0.3, -0.25) is 0 Å². The van der Waals surface area contributed by atoms with Crippen molar-refractivity contribution >= 4 is 21.6 Å². The summed E-state index contributed by atoms with van der Waals surface area (Å²) < 4.78 is 42.5. The van der Waals surface area contributed by atoms with Crippen LogP contribution < -0.4 is 0 Å². The molecule has 1 aliphatic rings. The summed E-state index contributed by atoms with van der Waals surface area (Å²) in [6.45, 7) is 0.321. The van der Waals surface area contributed by atoms with Gasteiger partial charge in [0.1, 0.15) is 17.0 Å². The van der Waals surface area contributed by atoms with E-state index in [0.717, 1.165) is 6.07 Å². The Morgan fingerprint density at radius 2 is 2.18 bits per heavy atom. The molecule has 22 heavy (non-hydrogen) atoms. The van der Waals surface area contributed by atoms with Crippen molar-refractivity contribution < 1.29 is 12.8 Å². The molecule has 0 radical (unpaired) electrons. The molecule has 0 saturated carbocycles. The highest BCUT2D eigenvalue weighted by Crippen LogP contribution is 2.36. The SMILES string of the molecule is Cn1cnnc1[C@@H]1CCCN1S(=O)(=O)c1ccc(Cl)cc1F. The number of nitrogens with zero attached hydrogens (tertiary/aromatic N) is 4. The summed E-state index contributed by atoms with van der Waals surface area (Å²) >= 11 is 5.69. The Hall–Kier alpha value is -1.51. The number of aromatic nitrogens is 3. The Morgan fingerprint density at radius 1 is 1.41 bits per heavy atom. The van der Waals surface area contributed by atoms with Crippen LogP contribution in [0.2, 0.25) is 5.02 Å². The summed E-state index contributed by atoms with van der Waals surface area (Å²) in [6, 6.07) is 3.12. The second kappa shape index (κ2) is 5.60. The summed E-state index contributed by atoms with van der Waals surface area (Å²) in [5.41, 5.74) is 0. The molecule has 1 saturated heterocycles. The number of benzene rings is 1. The van der Waals surface area contributed by atoms with E-state index in [1.165, 1.54) is 22.8 Å². The maximum absolute atomic E-state index is 14.0. The van der Waals surface area contributed by atoms with Crippen LogP contribution in [0.5, 0.6) is 0 Å². The van der Waals surface area contributed by atoms with Crippen LogP contribution in [0.4, 0.5) is 4.39 Å². The predicted molar refractivity (Wildman–Crippen MR) is 78.3 cm³/mol. The molecule has 0 spiro atoms. The molecule has 1 aromatic heterocycles. The molecular formula is C13H14ClFN4O2S. The Morgan fingerprint density at radius 3 is 2.82 bits per heavy atom. The maximum atomic E-state index is 14.0. The molecule has 0 aliphatic carbocycles. The van der Waals surface area contributed by atoms with Crippen molar-refractivity contribution in [2.45, 2.75) is 23.8 Å². The average molecular weight is 345 g/mol. The van der Waals surface area contributed by atoms with Gasteiger partial charge in [0, 0.05) is 18.6 Å². The minimum Gasteiger partial charge on any atom is -0.319 e. The molecule has 3 rings (SSSR count). The summed E-state index contributed by atoms with van der Waals surface area (Å²) in [7, 11) is -2.21. The highest BCUT2D eigenvalue weighted by molar-refractivity contribution is 7.89. The fraction of sp³-hybridized carbons (Fsp3) is 0.385. The predicted octanol–water partition coefficient (Wildman–Crippen LogP) is 2.13. The van der Waals surface area contributed by atoms with Crippen molar-refractivity contribution in [3.05, 3.63) is 41.2 Å². The molecule has 9 heteroatoms. The summed E-state index contributed by atoms with van der Waals surface area (Å²) in [6.07, 6.45) is 2.83. The Labute approximate surface area is 132 Å². The lowest BCUT2D eigenvalue weighted by molar-refractivity contribution is 0.374. The minimum absolute atomic E-state index is 0.155. The van der Waals surface area contributed by atoms with E-state index >= 15 is 0 Å². The lowest BCUT2D eigenvalue weighted by atomic mass is 10.2. The average Bonchev–Trinajstić information content (AvgIpc) is 3.06. The third-order valence-corrected chi connectivity index (χ3v) is 5.91. The van der Waals surface area contributed by atoms with Gasteiger partial charge in [0.05, 0.1) is 6.04 Å². The quantitative estimate of drug-likeness (QED) is 0.855. The highest BCUT2D eigenvalue weighted by Gasteiger charge is 2.39. The van der Waals surface area contributed by atoms with Gasteiger partial charge in [-0.15, -0.1) is 10.2 Å². The highest BCUT2D eigenvalue weighted by atomic mass is 35.5. The number of hydrogen-bond acceptors (Lipinski definition) is 4. The molecule has 1 aromatic carbocycles. The monoisotopic (exact) mass is 344 g/mol. The molecular weight excluding hydrogens is 331 g/mol. The van der Waals surface area contributed by atoms with Gasteiger partial charge < -0.3 is 4.57 Å². The first-order chi connectivity index (χ1) is 10.4. The Kier molecular flexibility index (Phi) is 3.92. The van der Waals surface area contributed by atoms with Crippen molar-refractivity contribution in [1.82, 2.24) is 19.1 Å². The minimum atomic E-state index is -3.96. The molecule has 0 amide bonds. The van der Waals surface area contributed by atoms with E-state index in [9.17, 15) is 12.8 Å². The van der Waals surface area contributed by atoms with Crippen molar-refractivity contribution in [2.75, 3.05) is 6.54 Å². The molecule has 1 aliphatic heterocycles. The molecule has 6 nitrogen and oxygen atoms in total. The van der Waals surface area contributed by atoms with Gasteiger partial charge in [-0.25, -0.2) is 12.8 Å². The fourth-order valence-corrected chi connectivity index (χ4v) is 4.55. The van der Waals surface area contributed by atoms with Gasteiger partial charge in [-0.1, -0.05) is 11.6 Å². The van der Waals surface area contributed by atoms with Gasteiger partial charge in [0.2, 0.25) is 10.0 Å².